The molecule has 1 amide bonds. The molecule has 0 bridgehead atoms. The van der Waals surface area contributed by atoms with Crippen LogP contribution < -0.4 is 0 Å². The molecule has 0 saturated carbocycles. The van der Waals surface area contributed by atoms with E-state index < -0.39 is 10.0 Å². The number of sulfonamides is 1. The number of carbonyl (C=O) groups is 1. The van der Waals surface area contributed by atoms with E-state index in [1.807, 2.05) is 4.90 Å². The first kappa shape index (κ1) is 21.8. The number of carbonyl (C=O) groups excluding carboxylic acids is 1. The molecule has 2 aliphatic heterocycles. The minimum Gasteiger partial charge on any atom is -0.340 e. The van der Waals surface area contributed by atoms with Crippen LogP contribution >= 0.6 is 23.2 Å². The van der Waals surface area contributed by atoms with Gasteiger partial charge in [0.05, 0.1) is 11.7 Å². The first-order valence-corrected chi connectivity index (χ1v) is 12.1. The van der Waals surface area contributed by atoms with E-state index in [0.717, 1.165) is 39.1 Å². The van der Waals surface area contributed by atoms with Crippen LogP contribution in [0.3, 0.4) is 0 Å². The summed E-state index contributed by atoms with van der Waals surface area (Å²) in [6.45, 7) is 7.00. The number of benzene rings is 1. The highest BCUT2D eigenvalue weighted by atomic mass is 35.5. The largest absolute Gasteiger partial charge is 0.340 e. The van der Waals surface area contributed by atoms with Gasteiger partial charge < -0.3 is 9.80 Å². The van der Waals surface area contributed by atoms with Gasteiger partial charge in [-0.3, -0.25) is 4.79 Å². The van der Waals surface area contributed by atoms with E-state index in [4.69, 9.17) is 23.2 Å². The van der Waals surface area contributed by atoms with Crippen molar-refractivity contribution in [3.05, 3.63) is 33.8 Å². The highest BCUT2D eigenvalue weighted by Crippen LogP contribution is 2.27. The maximum absolute atomic E-state index is 12.9. The number of rotatable bonds is 5. The SMILES string of the molecule is CCN1CCN(C(=O)C2CCCN(S(=O)(=O)Cc3ccc(Cl)cc3Cl)C2)CC1. The minimum absolute atomic E-state index is 0.0835. The molecule has 0 N–H and O–H groups in total. The van der Waals surface area contributed by atoms with Crippen molar-refractivity contribution in [3.63, 3.8) is 0 Å². The van der Waals surface area contributed by atoms with Gasteiger partial charge in [0, 0.05) is 49.3 Å². The molecule has 9 heteroatoms. The van der Waals surface area contributed by atoms with Crippen molar-refractivity contribution >= 4 is 39.1 Å². The van der Waals surface area contributed by atoms with Crippen molar-refractivity contribution in [2.45, 2.75) is 25.5 Å². The third-order valence-corrected chi connectivity index (χ3v) is 7.99. The molecule has 2 fully saturated rings. The smallest absolute Gasteiger partial charge is 0.227 e. The first-order chi connectivity index (χ1) is 13.3. The van der Waals surface area contributed by atoms with E-state index in [1.165, 1.54) is 4.31 Å². The van der Waals surface area contributed by atoms with E-state index in [2.05, 4.69) is 11.8 Å². The third kappa shape index (κ3) is 5.19. The zero-order valence-electron chi connectivity index (χ0n) is 16.1. The monoisotopic (exact) mass is 447 g/mol. The Labute approximate surface area is 177 Å². The van der Waals surface area contributed by atoms with Gasteiger partial charge in [-0.1, -0.05) is 36.2 Å². The number of amides is 1. The van der Waals surface area contributed by atoms with Gasteiger partial charge in [-0.25, -0.2) is 12.7 Å². The summed E-state index contributed by atoms with van der Waals surface area (Å²) in [5.74, 6) is -0.364. The van der Waals surface area contributed by atoms with Gasteiger partial charge in [0.2, 0.25) is 15.9 Å². The number of hydrogen-bond acceptors (Lipinski definition) is 4. The second kappa shape index (κ2) is 9.30. The van der Waals surface area contributed by atoms with Crippen molar-refractivity contribution < 1.29 is 13.2 Å². The molecule has 1 atom stereocenters. The summed E-state index contributed by atoms with van der Waals surface area (Å²) >= 11 is 12.0. The topological polar surface area (TPSA) is 60.9 Å². The van der Waals surface area contributed by atoms with Gasteiger partial charge in [0.15, 0.2) is 0 Å². The van der Waals surface area contributed by atoms with Gasteiger partial charge in [-0.05, 0) is 37.1 Å². The minimum atomic E-state index is -3.55. The molecule has 0 aromatic heterocycles. The third-order valence-electron chi connectivity index (χ3n) is 5.61. The van der Waals surface area contributed by atoms with Crippen molar-refractivity contribution in [2.75, 3.05) is 45.8 Å². The van der Waals surface area contributed by atoms with Crippen LogP contribution in [0.4, 0.5) is 0 Å². The van der Waals surface area contributed by atoms with Crippen LogP contribution in [-0.4, -0.2) is 74.2 Å². The average molecular weight is 448 g/mol. The Hall–Kier alpha value is -0.860. The zero-order valence-corrected chi connectivity index (χ0v) is 18.4. The van der Waals surface area contributed by atoms with Crippen LogP contribution in [0, 0.1) is 5.92 Å². The van der Waals surface area contributed by atoms with Gasteiger partial charge in [0.25, 0.3) is 0 Å². The van der Waals surface area contributed by atoms with Gasteiger partial charge in [-0.2, -0.15) is 0 Å². The van der Waals surface area contributed by atoms with Gasteiger partial charge >= 0.3 is 0 Å². The molecule has 2 aliphatic rings. The molecule has 0 radical (unpaired) electrons. The van der Waals surface area contributed by atoms with E-state index in [9.17, 15) is 13.2 Å². The first-order valence-electron chi connectivity index (χ1n) is 9.73. The molecule has 156 valence electrons. The summed E-state index contributed by atoms with van der Waals surface area (Å²) in [6, 6.07) is 4.82. The molecule has 6 nitrogen and oxygen atoms in total. The molecule has 1 aromatic rings. The molecule has 3 rings (SSSR count). The van der Waals surface area contributed by atoms with Crippen LogP contribution in [0.25, 0.3) is 0 Å². The van der Waals surface area contributed by atoms with Crippen molar-refractivity contribution in [2.24, 2.45) is 5.92 Å². The van der Waals surface area contributed by atoms with Crippen LogP contribution in [0.1, 0.15) is 25.3 Å². The lowest BCUT2D eigenvalue weighted by atomic mass is 9.98. The Bertz CT molecular complexity index is 811. The van der Waals surface area contributed by atoms with Crippen molar-refractivity contribution in [3.8, 4) is 0 Å². The Morgan fingerprint density at radius 3 is 2.50 bits per heavy atom. The maximum Gasteiger partial charge on any atom is 0.227 e. The number of hydrogen-bond donors (Lipinski definition) is 0. The summed E-state index contributed by atoms with van der Waals surface area (Å²) in [7, 11) is -3.55. The predicted molar refractivity (Wildman–Crippen MR) is 112 cm³/mol. The predicted octanol–water partition coefficient (Wildman–Crippen LogP) is 2.70. The molecule has 2 heterocycles. The van der Waals surface area contributed by atoms with Gasteiger partial charge in [-0.15, -0.1) is 0 Å². The second-order valence-corrected chi connectivity index (χ2v) is 10.3. The number of likely N-dealkylation sites (N-methyl/N-ethyl adjacent to an activating group) is 1. The lowest BCUT2D eigenvalue weighted by Gasteiger charge is -2.38. The highest BCUT2D eigenvalue weighted by molar-refractivity contribution is 7.88. The summed E-state index contributed by atoms with van der Waals surface area (Å²) < 4.78 is 27.3. The fourth-order valence-electron chi connectivity index (χ4n) is 3.87. The fraction of sp³-hybridized carbons (Fsp3) is 0.632. The van der Waals surface area contributed by atoms with Crippen LogP contribution in [0.2, 0.25) is 10.0 Å². The Kier molecular flexibility index (Phi) is 7.26. The summed E-state index contributed by atoms with van der Waals surface area (Å²) in [5, 5.41) is 0.812. The maximum atomic E-state index is 12.9. The van der Waals surface area contributed by atoms with E-state index >= 15 is 0 Å². The van der Waals surface area contributed by atoms with Crippen LogP contribution in [0.15, 0.2) is 18.2 Å². The van der Waals surface area contributed by atoms with Gasteiger partial charge in [0.1, 0.15) is 0 Å². The molecular weight excluding hydrogens is 421 g/mol. The Morgan fingerprint density at radius 2 is 1.86 bits per heavy atom. The fourth-order valence-corrected chi connectivity index (χ4v) is 6.06. The summed E-state index contributed by atoms with van der Waals surface area (Å²) in [6.07, 6.45) is 1.43. The normalized spacial score (nSPS) is 22.4. The van der Waals surface area contributed by atoms with Crippen molar-refractivity contribution in [1.29, 1.82) is 0 Å². The quantitative estimate of drug-likeness (QED) is 0.695. The standard InChI is InChI=1S/C19H27Cl2N3O3S/c1-2-22-8-10-23(11-9-22)19(25)15-4-3-7-24(13-15)28(26,27)14-16-5-6-17(20)12-18(16)21/h5-6,12,15H,2-4,7-11,13-14H2,1H3. The van der Waals surface area contributed by atoms with Crippen molar-refractivity contribution in [1.82, 2.24) is 14.1 Å². The molecule has 2 saturated heterocycles. The lowest BCUT2D eigenvalue weighted by Crippen LogP contribution is -2.53. The molecule has 0 spiro atoms. The molecule has 0 aliphatic carbocycles. The number of piperazine rings is 1. The summed E-state index contributed by atoms with van der Waals surface area (Å²) in [5.41, 5.74) is 0.523. The lowest BCUT2D eigenvalue weighted by molar-refractivity contribution is -0.138. The number of piperidine rings is 1. The number of nitrogens with zero attached hydrogens (tertiary/aromatic N) is 3. The average Bonchev–Trinajstić information content (AvgIpc) is 2.70. The zero-order chi connectivity index (χ0) is 20.3. The van der Waals surface area contributed by atoms with E-state index in [-0.39, 0.29) is 24.1 Å². The molecule has 1 aromatic carbocycles. The van der Waals surface area contributed by atoms with E-state index in [0.29, 0.717) is 28.6 Å². The summed E-state index contributed by atoms with van der Waals surface area (Å²) in [4.78, 5) is 17.1. The highest BCUT2D eigenvalue weighted by Gasteiger charge is 2.35. The Balaban J connectivity index is 1.64. The second-order valence-electron chi connectivity index (χ2n) is 7.45. The molecular formula is C19H27Cl2N3O3S. The molecule has 28 heavy (non-hydrogen) atoms. The number of halogens is 2. The van der Waals surface area contributed by atoms with E-state index in [1.54, 1.807) is 18.2 Å². The van der Waals surface area contributed by atoms with Crippen LogP contribution in [0.5, 0.6) is 0 Å². The molecule has 1 unspecified atom stereocenters. The van der Waals surface area contributed by atoms with Crippen LogP contribution in [-0.2, 0) is 20.6 Å². The Morgan fingerprint density at radius 1 is 1.14 bits per heavy atom.